The third-order valence-corrected chi connectivity index (χ3v) is 3.60. The zero-order chi connectivity index (χ0) is 19.4. The fraction of sp³-hybridized carbons (Fsp3) is 0.158. The lowest BCUT2D eigenvalue weighted by Gasteiger charge is -1.99. The molecule has 0 spiro atoms. The number of nitrogens with two attached hydrogens (primary N) is 1. The van der Waals surface area contributed by atoms with Crippen molar-refractivity contribution < 1.29 is 0 Å². The van der Waals surface area contributed by atoms with Gasteiger partial charge in [0.05, 0.1) is 0 Å². The largest absolute Gasteiger partial charge is 0.383 e. The Balaban J connectivity index is 0.000000201. The highest BCUT2D eigenvalue weighted by molar-refractivity contribution is 7.78. The van der Waals surface area contributed by atoms with Crippen molar-refractivity contribution in [3.63, 3.8) is 0 Å². The first kappa shape index (κ1) is 21.8. The van der Waals surface area contributed by atoms with Crippen molar-refractivity contribution in [2.45, 2.75) is 20.4 Å². The summed E-state index contributed by atoms with van der Waals surface area (Å²) in [6.07, 6.45) is 3.52. The molecule has 5 nitrogen and oxygen atoms in total. The van der Waals surface area contributed by atoms with Crippen molar-refractivity contribution in [1.82, 2.24) is 14.7 Å². The number of aromatic amines is 1. The molecule has 0 radical (unpaired) electrons. The topological polar surface area (TPSA) is 90.6 Å². The van der Waals surface area contributed by atoms with Gasteiger partial charge in [-0.15, -0.1) is 0 Å². The van der Waals surface area contributed by atoms with E-state index in [-0.39, 0.29) is 0 Å². The normalized spacial score (nSPS) is 9.38. The third kappa shape index (κ3) is 8.71. The summed E-state index contributed by atoms with van der Waals surface area (Å²) in [5, 5.41) is 8.02. The Morgan fingerprint density at radius 3 is 2.31 bits per heavy atom. The van der Waals surface area contributed by atoms with E-state index < -0.39 is 0 Å². The minimum atomic E-state index is 0.426. The van der Waals surface area contributed by atoms with Crippen LogP contribution in [0.5, 0.6) is 0 Å². The van der Waals surface area contributed by atoms with Gasteiger partial charge in [-0.3, -0.25) is 4.72 Å². The molecule has 26 heavy (non-hydrogen) atoms. The highest BCUT2D eigenvalue weighted by Crippen LogP contribution is 2.09. The quantitative estimate of drug-likeness (QED) is 0.333. The molecule has 2 heterocycles. The molecule has 1 aromatic carbocycles. The van der Waals surface area contributed by atoms with Crippen LogP contribution < -0.4 is 10.5 Å². The predicted octanol–water partition coefficient (Wildman–Crippen LogP) is 4.65. The van der Waals surface area contributed by atoms with Gasteiger partial charge in [0.15, 0.2) is 0 Å². The third-order valence-electron chi connectivity index (χ3n) is 3.19. The van der Waals surface area contributed by atoms with Gasteiger partial charge in [0, 0.05) is 40.9 Å². The van der Waals surface area contributed by atoms with E-state index in [0.717, 1.165) is 11.6 Å². The number of nitrogens with one attached hydrogen (secondary N) is 3. The number of H-pyrrole nitrogens is 1. The maximum Gasteiger partial charge on any atom is 0.132 e. The van der Waals surface area contributed by atoms with Crippen LogP contribution in [0.2, 0.25) is 5.02 Å². The predicted molar refractivity (Wildman–Crippen MR) is 114 cm³/mol. The number of benzene rings is 1. The number of aryl methyl sites for hydroxylation is 1. The Kier molecular flexibility index (Phi) is 10.2. The number of pyridine rings is 1. The molecule has 0 atom stereocenters. The summed E-state index contributed by atoms with van der Waals surface area (Å²) in [5.74, 6) is 0.426. The molecule has 0 aliphatic carbocycles. The molecule has 7 heteroatoms. The van der Waals surface area contributed by atoms with Gasteiger partial charge >= 0.3 is 0 Å². The first-order valence-electron chi connectivity index (χ1n) is 7.91. The summed E-state index contributed by atoms with van der Waals surface area (Å²) in [4.78, 5) is 6.84. The number of hydrogen-bond donors (Lipinski definition) is 5. The molecule has 0 unspecified atom stereocenters. The monoisotopic (exact) mass is 389 g/mol. The van der Waals surface area contributed by atoms with Crippen LogP contribution in [0.4, 0.5) is 5.82 Å². The molecule has 3 rings (SSSR count). The van der Waals surface area contributed by atoms with Gasteiger partial charge < -0.3 is 16.1 Å². The maximum atomic E-state index is 7.26. The molecular formula is C19H24ClN5S. The summed E-state index contributed by atoms with van der Waals surface area (Å²) >= 11 is 9.55. The second-order valence-electron chi connectivity index (χ2n) is 5.38. The molecule has 0 aliphatic heterocycles. The summed E-state index contributed by atoms with van der Waals surface area (Å²) in [6.45, 7) is 4.48. The fourth-order valence-electron chi connectivity index (χ4n) is 1.85. The molecule has 138 valence electrons. The van der Waals surface area contributed by atoms with Gasteiger partial charge in [0.25, 0.3) is 0 Å². The van der Waals surface area contributed by atoms with Crippen molar-refractivity contribution in [1.29, 1.82) is 5.41 Å². The molecular weight excluding hydrogens is 366 g/mol. The van der Waals surface area contributed by atoms with Crippen LogP contribution in [-0.4, -0.2) is 15.7 Å². The minimum absolute atomic E-state index is 0.426. The van der Waals surface area contributed by atoms with E-state index in [0.29, 0.717) is 17.1 Å². The Morgan fingerprint density at radius 1 is 1.23 bits per heavy atom. The molecule has 0 saturated carbocycles. The van der Waals surface area contributed by atoms with Gasteiger partial charge in [0.2, 0.25) is 0 Å². The lowest BCUT2D eigenvalue weighted by atomic mass is 10.2. The molecule has 5 N–H and O–H groups in total. The smallest absolute Gasteiger partial charge is 0.132 e. The zero-order valence-electron chi connectivity index (χ0n) is 14.8. The van der Waals surface area contributed by atoms with E-state index >= 15 is 0 Å². The highest BCUT2D eigenvalue weighted by atomic mass is 35.5. The van der Waals surface area contributed by atoms with Crippen LogP contribution in [-0.2, 0) is 6.54 Å². The molecule has 0 fully saturated rings. The number of thiol groups is 1. The number of nitrogen functional groups attached to an aromatic ring is 1. The average molecular weight is 390 g/mol. The number of anilines is 1. The van der Waals surface area contributed by atoms with Gasteiger partial charge in [-0.05, 0) is 55.8 Å². The van der Waals surface area contributed by atoms with Gasteiger partial charge in [0.1, 0.15) is 5.82 Å². The molecule has 2 aromatic heterocycles. The van der Waals surface area contributed by atoms with Crippen LogP contribution >= 0.6 is 24.4 Å². The zero-order valence-corrected chi connectivity index (χ0v) is 16.5. The first-order chi connectivity index (χ1) is 12.4. The summed E-state index contributed by atoms with van der Waals surface area (Å²) in [6, 6.07) is 15.2. The van der Waals surface area contributed by atoms with Crippen molar-refractivity contribution in [2.24, 2.45) is 0 Å². The van der Waals surface area contributed by atoms with E-state index in [1.165, 1.54) is 11.3 Å². The van der Waals surface area contributed by atoms with Crippen LogP contribution in [0.15, 0.2) is 60.9 Å². The van der Waals surface area contributed by atoms with E-state index in [4.69, 9.17) is 22.7 Å². The number of hydrogen-bond acceptors (Lipinski definition) is 5. The van der Waals surface area contributed by atoms with Crippen molar-refractivity contribution in [3.05, 3.63) is 82.8 Å². The van der Waals surface area contributed by atoms with Crippen molar-refractivity contribution in [3.8, 4) is 0 Å². The number of rotatable bonds is 3. The van der Waals surface area contributed by atoms with E-state index in [9.17, 15) is 0 Å². The second-order valence-corrected chi connectivity index (χ2v) is 6.13. The Bertz CT molecular complexity index is 773. The summed E-state index contributed by atoms with van der Waals surface area (Å²) in [7, 11) is 0. The number of aromatic nitrogens is 2. The van der Waals surface area contributed by atoms with Gasteiger partial charge in [-0.2, -0.15) is 0 Å². The SMILES string of the molecule is CC(=N)c1cccnc1N.Cc1ccc[nH]1.SNCc1ccc(Cl)cc1. The first-order valence-corrected chi connectivity index (χ1v) is 8.74. The van der Waals surface area contributed by atoms with E-state index in [1.807, 2.05) is 49.5 Å². The molecule has 0 saturated heterocycles. The summed E-state index contributed by atoms with van der Waals surface area (Å²) < 4.78 is 2.75. The van der Waals surface area contributed by atoms with Crippen LogP contribution in [0, 0.1) is 12.3 Å². The molecule has 0 bridgehead atoms. The standard InChI is InChI=1S/C7H8ClNS.C7H9N3.C5H7N/c8-7-3-1-6(2-4-7)5-9-10;1-5(8)6-3-2-4-10-7(6)9;1-5-3-2-4-6-5/h1-4,9-10H,5H2;2-4,8H,1H3,(H2,9,10);2-4,6H,1H3. The molecule has 3 aromatic rings. The van der Waals surface area contributed by atoms with Crippen LogP contribution in [0.1, 0.15) is 23.7 Å². The minimum Gasteiger partial charge on any atom is -0.383 e. The van der Waals surface area contributed by atoms with E-state index in [2.05, 4.69) is 27.5 Å². The number of halogens is 1. The van der Waals surface area contributed by atoms with Crippen LogP contribution in [0.3, 0.4) is 0 Å². The maximum absolute atomic E-state index is 7.26. The highest BCUT2D eigenvalue weighted by Gasteiger charge is 1.98. The Labute approximate surface area is 165 Å². The van der Waals surface area contributed by atoms with Crippen molar-refractivity contribution in [2.75, 3.05) is 5.73 Å². The summed E-state index contributed by atoms with van der Waals surface area (Å²) in [5.41, 5.74) is 9.03. The second kappa shape index (κ2) is 12.1. The van der Waals surface area contributed by atoms with Gasteiger partial charge in [-0.1, -0.05) is 36.5 Å². The van der Waals surface area contributed by atoms with Gasteiger partial charge in [-0.25, -0.2) is 4.98 Å². The van der Waals surface area contributed by atoms with Crippen LogP contribution in [0.25, 0.3) is 0 Å². The average Bonchev–Trinajstić information content (AvgIpc) is 3.09. The Hall–Kier alpha value is -2.28. The van der Waals surface area contributed by atoms with E-state index in [1.54, 1.807) is 25.3 Å². The lowest BCUT2D eigenvalue weighted by Crippen LogP contribution is -2.00. The molecule has 0 amide bonds. The fourth-order valence-corrected chi connectivity index (χ4v) is 2.16. The number of nitrogens with zero attached hydrogens (tertiary/aromatic N) is 1. The van der Waals surface area contributed by atoms with Crippen molar-refractivity contribution >= 4 is 35.9 Å². The molecule has 0 aliphatic rings. The lowest BCUT2D eigenvalue weighted by molar-refractivity contribution is 0.985. The Morgan fingerprint density at radius 2 is 1.92 bits per heavy atom.